The molecule has 0 fully saturated rings. The maximum Gasteiger partial charge on any atom is 0.573 e. The Morgan fingerprint density at radius 3 is 2.56 bits per heavy atom. The van der Waals surface area contributed by atoms with Gasteiger partial charge in [-0.3, -0.25) is 0 Å². The summed E-state index contributed by atoms with van der Waals surface area (Å²) in [5.41, 5.74) is 2.93. The fourth-order valence-corrected chi connectivity index (χ4v) is 4.85. The highest BCUT2D eigenvalue weighted by Gasteiger charge is 2.31. The number of carbonyl (C=O) groups is 1. The van der Waals surface area contributed by atoms with Crippen LogP contribution in [0.25, 0.3) is 11.3 Å². The molecular weight excluding hydrogens is 533 g/mol. The highest BCUT2D eigenvalue weighted by Crippen LogP contribution is 2.36. The fraction of sp³-hybridized carbons (Fsp3) is 0.185. The third kappa shape index (κ3) is 6.90. The van der Waals surface area contributed by atoms with Crippen molar-refractivity contribution in [2.75, 3.05) is 18.7 Å². The van der Waals surface area contributed by atoms with E-state index >= 15 is 0 Å². The van der Waals surface area contributed by atoms with E-state index in [4.69, 9.17) is 9.47 Å². The minimum absolute atomic E-state index is 0.160. The Hall–Kier alpha value is -4.45. The van der Waals surface area contributed by atoms with Gasteiger partial charge < -0.3 is 29.4 Å². The molecule has 5 rings (SSSR count). The quantitative estimate of drug-likeness (QED) is 0.250. The first kappa shape index (κ1) is 26.2. The Kier molecular flexibility index (Phi) is 7.73. The standard InChI is InChI=1S/C27H23F3N4O4S/c28-27(29,30)38-21-10-8-20(9-11-21)33-26-34(14-4-13-31-25(35)32-19-5-2-1-3-6-19)22(16-39-26)18-7-12-23-24(15-18)37-17-36-23/h1-3,5-12,15-16H,4,13-14,17H2,(H2,31,32,35). The molecule has 12 heteroatoms. The number of alkyl halides is 3. The molecule has 0 saturated heterocycles. The summed E-state index contributed by atoms with van der Waals surface area (Å²) >= 11 is 1.39. The third-order valence-corrected chi connectivity index (χ3v) is 6.50. The fourth-order valence-electron chi connectivity index (χ4n) is 3.89. The summed E-state index contributed by atoms with van der Waals surface area (Å²) < 4.78 is 54.4. The number of nitrogens with zero attached hydrogens (tertiary/aromatic N) is 2. The zero-order valence-electron chi connectivity index (χ0n) is 20.4. The van der Waals surface area contributed by atoms with Crippen molar-refractivity contribution in [2.45, 2.75) is 19.3 Å². The first-order valence-corrected chi connectivity index (χ1v) is 12.8. The lowest BCUT2D eigenvalue weighted by molar-refractivity contribution is -0.274. The molecule has 39 heavy (non-hydrogen) atoms. The number of ether oxygens (including phenoxy) is 3. The molecule has 2 amide bonds. The zero-order chi connectivity index (χ0) is 27.2. The van der Waals surface area contributed by atoms with Gasteiger partial charge in [0.15, 0.2) is 16.3 Å². The molecule has 0 bridgehead atoms. The van der Waals surface area contributed by atoms with E-state index in [2.05, 4.69) is 20.4 Å². The number of hydrogen-bond acceptors (Lipinski definition) is 6. The Morgan fingerprint density at radius 1 is 1.03 bits per heavy atom. The van der Waals surface area contributed by atoms with Crippen LogP contribution < -0.4 is 29.6 Å². The molecule has 0 unspecified atom stereocenters. The minimum Gasteiger partial charge on any atom is -0.454 e. The number of fused-ring (bicyclic) bond motifs is 1. The number of thiazole rings is 1. The molecule has 8 nitrogen and oxygen atoms in total. The molecule has 0 radical (unpaired) electrons. The van der Waals surface area contributed by atoms with Gasteiger partial charge >= 0.3 is 12.4 Å². The van der Waals surface area contributed by atoms with Gasteiger partial charge in [-0.15, -0.1) is 24.5 Å². The Bertz CT molecular complexity index is 1500. The molecule has 1 aliphatic rings. The molecule has 0 atom stereocenters. The van der Waals surface area contributed by atoms with Crippen molar-refractivity contribution in [2.24, 2.45) is 4.99 Å². The van der Waals surface area contributed by atoms with Gasteiger partial charge in [0.05, 0.1) is 11.4 Å². The van der Waals surface area contributed by atoms with Crippen LogP contribution in [0.3, 0.4) is 0 Å². The molecular formula is C27H23F3N4O4S. The smallest absolute Gasteiger partial charge is 0.454 e. The van der Waals surface area contributed by atoms with E-state index in [-0.39, 0.29) is 18.6 Å². The first-order chi connectivity index (χ1) is 18.8. The predicted octanol–water partition coefficient (Wildman–Crippen LogP) is 6.29. The number of carbonyl (C=O) groups excluding carboxylic acids is 1. The second-order valence-corrected chi connectivity index (χ2v) is 9.21. The van der Waals surface area contributed by atoms with E-state index in [1.165, 1.54) is 35.6 Å². The zero-order valence-corrected chi connectivity index (χ0v) is 21.2. The van der Waals surface area contributed by atoms with Crippen molar-refractivity contribution in [3.05, 3.63) is 83.0 Å². The Morgan fingerprint density at radius 2 is 1.79 bits per heavy atom. The SMILES string of the molecule is O=C(NCCCn1c(-c2ccc3c(c2)OCO3)csc1=Nc1ccc(OC(F)(F)F)cc1)Nc1ccccc1. The number of anilines is 1. The van der Waals surface area contributed by atoms with Gasteiger partial charge in [0.2, 0.25) is 6.79 Å². The number of para-hydroxylation sites is 1. The van der Waals surface area contributed by atoms with Crippen LogP contribution in [0.15, 0.2) is 83.2 Å². The molecule has 3 aromatic carbocycles. The summed E-state index contributed by atoms with van der Waals surface area (Å²) in [6, 6.07) is 19.8. The van der Waals surface area contributed by atoms with Gasteiger partial charge in [0.1, 0.15) is 5.75 Å². The number of amides is 2. The van der Waals surface area contributed by atoms with Crippen molar-refractivity contribution in [3.63, 3.8) is 0 Å². The number of halogens is 3. The lowest BCUT2D eigenvalue weighted by Crippen LogP contribution is -2.30. The van der Waals surface area contributed by atoms with E-state index in [0.717, 1.165) is 11.3 Å². The summed E-state index contributed by atoms with van der Waals surface area (Å²) in [4.78, 5) is 17.5. The molecule has 0 spiro atoms. The summed E-state index contributed by atoms with van der Waals surface area (Å²) in [7, 11) is 0. The molecule has 0 saturated carbocycles. The average molecular weight is 557 g/mol. The molecule has 2 heterocycles. The van der Waals surface area contributed by atoms with Gasteiger partial charge in [-0.25, -0.2) is 9.79 Å². The lowest BCUT2D eigenvalue weighted by atomic mass is 10.1. The second-order valence-electron chi connectivity index (χ2n) is 8.38. The van der Waals surface area contributed by atoms with Crippen molar-refractivity contribution in [1.29, 1.82) is 0 Å². The van der Waals surface area contributed by atoms with Gasteiger partial charge in [0.25, 0.3) is 0 Å². The summed E-state index contributed by atoms with van der Waals surface area (Å²) in [6.45, 7) is 1.09. The highest BCUT2D eigenvalue weighted by molar-refractivity contribution is 7.07. The highest BCUT2D eigenvalue weighted by atomic mass is 32.1. The molecule has 1 aliphatic heterocycles. The van der Waals surface area contributed by atoms with Crippen LogP contribution in [0, 0.1) is 0 Å². The Balaban J connectivity index is 1.34. The molecule has 0 aliphatic carbocycles. The van der Waals surface area contributed by atoms with Gasteiger partial charge in [-0.2, -0.15) is 0 Å². The second kappa shape index (κ2) is 11.5. The molecule has 202 valence electrons. The summed E-state index contributed by atoms with van der Waals surface area (Å²) in [6.07, 6.45) is -4.16. The third-order valence-electron chi connectivity index (χ3n) is 5.64. The van der Waals surface area contributed by atoms with Crippen molar-refractivity contribution in [1.82, 2.24) is 9.88 Å². The Labute approximate surface area is 225 Å². The van der Waals surface area contributed by atoms with Crippen molar-refractivity contribution < 1.29 is 32.2 Å². The van der Waals surface area contributed by atoms with E-state index < -0.39 is 6.36 Å². The average Bonchev–Trinajstić information content (AvgIpc) is 3.54. The van der Waals surface area contributed by atoms with Crippen LogP contribution in [-0.4, -0.2) is 30.3 Å². The van der Waals surface area contributed by atoms with Crippen molar-refractivity contribution >= 4 is 28.7 Å². The van der Waals surface area contributed by atoms with Crippen LogP contribution in [-0.2, 0) is 6.54 Å². The molecule has 2 N–H and O–H groups in total. The topological polar surface area (TPSA) is 86.1 Å². The maximum atomic E-state index is 12.5. The first-order valence-electron chi connectivity index (χ1n) is 11.9. The molecule has 1 aromatic heterocycles. The number of benzene rings is 3. The van der Waals surface area contributed by atoms with Gasteiger partial charge in [0, 0.05) is 29.7 Å². The number of rotatable bonds is 8. The van der Waals surface area contributed by atoms with Crippen molar-refractivity contribution in [3.8, 4) is 28.5 Å². The van der Waals surface area contributed by atoms with Crippen LogP contribution in [0.5, 0.6) is 17.2 Å². The summed E-state index contributed by atoms with van der Waals surface area (Å²) in [5, 5.41) is 7.58. The van der Waals surface area contributed by atoms with Gasteiger partial charge in [-0.1, -0.05) is 18.2 Å². The van der Waals surface area contributed by atoms with Crippen LogP contribution in [0.1, 0.15) is 6.42 Å². The maximum absolute atomic E-state index is 12.5. The van der Waals surface area contributed by atoms with E-state index in [9.17, 15) is 18.0 Å². The van der Waals surface area contributed by atoms with E-state index in [0.29, 0.717) is 47.2 Å². The number of hydrogen-bond donors (Lipinski definition) is 2. The predicted molar refractivity (Wildman–Crippen MR) is 140 cm³/mol. The van der Waals surface area contributed by atoms with Gasteiger partial charge in [-0.05, 0) is 61.0 Å². The van der Waals surface area contributed by atoms with Crippen LogP contribution in [0.2, 0.25) is 0 Å². The number of urea groups is 1. The normalized spacial score (nSPS) is 12.8. The number of nitrogens with one attached hydrogen (secondary N) is 2. The minimum atomic E-state index is -4.76. The van der Waals surface area contributed by atoms with E-state index in [1.807, 2.05) is 46.3 Å². The monoisotopic (exact) mass is 556 g/mol. The van der Waals surface area contributed by atoms with E-state index in [1.54, 1.807) is 12.1 Å². The number of aromatic nitrogens is 1. The summed E-state index contributed by atoms with van der Waals surface area (Å²) in [5.74, 6) is 0.991. The lowest BCUT2D eigenvalue weighted by Gasteiger charge is -2.11. The van der Waals surface area contributed by atoms with Crippen LogP contribution >= 0.6 is 11.3 Å². The van der Waals surface area contributed by atoms with Crippen LogP contribution in [0.4, 0.5) is 29.3 Å². The molecule has 4 aromatic rings. The largest absolute Gasteiger partial charge is 0.573 e.